The number of hydrogen-bond acceptors (Lipinski definition) is 2. The summed E-state index contributed by atoms with van der Waals surface area (Å²) in [6.07, 6.45) is 0. The quantitative estimate of drug-likeness (QED) is 0.866. The van der Waals surface area contributed by atoms with E-state index in [0.717, 1.165) is 21.9 Å². The second-order valence-corrected chi connectivity index (χ2v) is 4.79. The summed E-state index contributed by atoms with van der Waals surface area (Å²) in [5.74, 6) is 0.763. The van der Waals surface area contributed by atoms with E-state index in [-0.39, 0.29) is 0 Å². The fourth-order valence-corrected chi connectivity index (χ4v) is 2.19. The van der Waals surface area contributed by atoms with Crippen molar-refractivity contribution in [3.63, 3.8) is 0 Å². The normalized spacial score (nSPS) is 10.0. The first kappa shape index (κ1) is 13.8. The minimum absolute atomic E-state index is 0.594. The minimum Gasteiger partial charge on any atom is -0.496 e. The highest BCUT2D eigenvalue weighted by Crippen LogP contribution is 2.19. The van der Waals surface area contributed by atoms with E-state index in [1.54, 1.807) is 7.11 Å². The molecule has 19 heavy (non-hydrogen) atoms. The monoisotopic (exact) mass is 291 g/mol. The molecule has 4 heteroatoms. The van der Waals surface area contributed by atoms with E-state index in [0.29, 0.717) is 11.5 Å². The van der Waals surface area contributed by atoms with Crippen LogP contribution in [-0.4, -0.2) is 12.1 Å². The van der Waals surface area contributed by atoms with Gasteiger partial charge in [-0.15, -0.1) is 0 Å². The average Bonchev–Trinajstić information content (AvgIpc) is 2.46. The van der Waals surface area contributed by atoms with Gasteiger partial charge in [-0.2, -0.15) is 0 Å². The van der Waals surface area contributed by atoms with Crippen LogP contribution in [0.5, 0.6) is 5.75 Å². The van der Waals surface area contributed by atoms with Gasteiger partial charge in [-0.3, -0.25) is 0 Å². The first-order valence-corrected chi connectivity index (χ1v) is 6.65. The molecule has 0 fully saturated rings. The predicted octanol–water partition coefficient (Wildman–Crippen LogP) is 3.81. The van der Waals surface area contributed by atoms with Crippen LogP contribution in [0, 0.1) is 0 Å². The molecular formula is C15H14ClNOS. The third kappa shape index (κ3) is 3.46. The van der Waals surface area contributed by atoms with Crippen molar-refractivity contribution in [3.05, 3.63) is 64.7 Å². The number of thiocarbonyl (C=S) groups is 1. The molecule has 0 bridgehead atoms. The zero-order valence-electron chi connectivity index (χ0n) is 10.5. The number of ether oxygens (including phenoxy) is 1. The van der Waals surface area contributed by atoms with Crippen LogP contribution in [0.3, 0.4) is 0 Å². The average molecular weight is 292 g/mol. The second kappa shape index (κ2) is 6.55. The summed E-state index contributed by atoms with van der Waals surface area (Å²) in [6, 6.07) is 15.4. The number of rotatable bonds is 4. The van der Waals surface area contributed by atoms with Crippen LogP contribution in [0.2, 0.25) is 5.02 Å². The maximum Gasteiger partial charge on any atom is 0.129 e. The highest BCUT2D eigenvalue weighted by atomic mass is 35.5. The predicted molar refractivity (Wildman–Crippen MR) is 83.0 cm³/mol. The Labute approximate surface area is 123 Å². The zero-order valence-corrected chi connectivity index (χ0v) is 12.1. The van der Waals surface area contributed by atoms with Crippen molar-refractivity contribution < 1.29 is 4.74 Å². The summed E-state index contributed by atoms with van der Waals surface area (Å²) >= 11 is 11.5. The lowest BCUT2D eigenvalue weighted by atomic mass is 10.2. The lowest BCUT2D eigenvalue weighted by Crippen LogP contribution is -2.22. The lowest BCUT2D eigenvalue weighted by molar-refractivity contribution is 0.414. The summed E-state index contributed by atoms with van der Waals surface area (Å²) in [5, 5.41) is 3.93. The molecule has 0 amide bonds. The lowest BCUT2D eigenvalue weighted by Gasteiger charge is -2.12. The van der Waals surface area contributed by atoms with Crippen molar-refractivity contribution in [1.82, 2.24) is 5.32 Å². The third-order valence-corrected chi connectivity index (χ3v) is 3.48. The van der Waals surface area contributed by atoms with E-state index in [1.165, 1.54) is 0 Å². The molecule has 2 aromatic rings. The number of nitrogens with one attached hydrogen (secondary N) is 1. The Morgan fingerprint density at radius 3 is 2.58 bits per heavy atom. The highest BCUT2D eigenvalue weighted by molar-refractivity contribution is 7.80. The van der Waals surface area contributed by atoms with E-state index in [9.17, 15) is 0 Å². The molecule has 0 aromatic heterocycles. The number of halogens is 1. The minimum atomic E-state index is 0.594. The Kier molecular flexibility index (Phi) is 4.77. The van der Waals surface area contributed by atoms with Crippen LogP contribution in [0.15, 0.2) is 48.5 Å². The van der Waals surface area contributed by atoms with Gasteiger partial charge in [0.25, 0.3) is 0 Å². The molecule has 0 unspecified atom stereocenters. The molecule has 0 spiro atoms. The molecule has 0 heterocycles. The van der Waals surface area contributed by atoms with Crippen LogP contribution in [0.4, 0.5) is 0 Å². The first-order valence-electron chi connectivity index (χ1n) is 5.87. The molecule has 0 aliphatic rings. The van der Waals surface area contributed by atoms with E-state index in [1.807, 2.05) is 48.5 Å². The molecule has 2 rings (SSSR count). The number of benzene rings is 2. The Morgan fingerprint density at radius 1 is 1.16 bits per heavy atom. The molecule has 2 nitrogen and oxygen atoms in total. The molecule has 2 aromatic carbocycles. The zero-order chi connectivity index (χ0) is 13.7. The second-order valence-electron chi connectivity index (χ2n) is 3.97. The molecule has 1 N–H and O–H groups in total. The topological polar surface area (TPSA) is 21.3 Å². The van der Waals surface area contributed by atoms with E-state index in [2.05, 4.69) is 5.32 Å². The molecule has 0 aliphatic carbocycles. The fraction of sp³-hybridized carbons (Fsp3) is 0.133. The van der Waals surface area contributed by atoms with Crippen molar-refractivity contribution in [1.29, 1.82) is 0 Å². The number of para-hydroxylation sites is 1. The van der Waals surface area contributed by atoms with Crippen molar-refractivity contribution >= 4 is 28.8 Å². The summed E-state index contributed by atoms with van der Waals surface area (Å²) in [5.41, 5.74) is 1.90. The van der Waals surface area contributed by atoms with Crippen LogP contribution in [0.1, 0.15) is 11.1 Å². The Hall–Kier alpha value is -1.58. The standard InChI is InChI=1S/C15H14ClNOS/c1-18-14-9-5-3-7-12(14)15(19)17-10-11-6-2-4-8-13(11)16/h2-9H,10H2,1H3,(H,17,19). The van der Waals surface area contributed by atoms with Gasteiger partial charge in [0.05, 0.1) is 12.7 Å². The molecule has 0 saturated carbocycles. The summed E-state index contributed by atoms with van der Waals surface area (Å²) in [7, 11) is 1.63. The van der Waals surface area contributed by atoms with E-state index in [4.69, 9.17) is 28.6 Å². The van der Waals surface area contributed by atoms with Gasteiger partial charge in [-0.25, -0.2) is 0 Å². The van der Waals surface area contributed by atoms with Crippen LogP contribution >= 0.6 is 23.8 Å². The van der Waals surface area contributed by atoms with Gasteiger partial charge in [0, 0.05) is 11.6 Å². The van der Waals surface area contributed by atoms with Crippen molar-refractivity contribution in [2.24, 2.45) is 0 Å². The molecule has 0 radical (unpaired) electrons. The van der Waals surface area contributed by atoms with Gasteiger partial charge < -0.3 is 10.1 Å². The van der Waals surface area contributed by atoms with Gasteiger partial charge in [0.2, 0.25) is 0 Å². The molecule has 0 saturated heterocycles. The maximum atomic E-state index is 6.10. The SMILES string of the molecule is COc1ccccc1C(=S)NCc1ccccc1Cl. The Balaban J connectivity index is 2.08. The third-order valence-electron chi connectivity index (χ3n) is 2.75. The van der Waals surface area contributed by atoms with Gasteiger partial charge in [0.1, 0.15) is 10.7 Å². The van der Waals surface area contributed by atoms with E-state index < -0.39 is 0 Å². The maximum absolute atomic E-state index is 6.10. The highest BCUT2D eigenvalue weighted by Gasteiger charge is 2.07. The summed E-state index contributed by atoms with van der Waals surface area (Å²) < 4.78 is 5.29. The van der Waals surface area contributed by atoms with Crippen molar-refractivity contribution in [3.8, 4) is 5.75 Å². The molecular weight excluding hydrogens is 278 g/mol. The summed E-state index contributed by atoms with van der Waals surface area (Å²) in [4.78, 5) is 0.650. The molecule has 0 atom stereocenters. The Morgan fingerprint density at radius 2 is 1.84 bits per heavy atom. The van der Waals surface area contributed by atoms with Crippen LogP contribution < -0.4 is 10.1 Å². The van der Waals surface area contributed by atoms with Crippen molar-refractivity contribution in [2.75, 3.05) is 7.11 Å². The van der Waals surface area contributed by atoms with Gasteiger partial charge in [0.15, 0.2) is 0 Å². The fourth-order valence-electron chi connectivity index (χ4n) is 1.74. The van der Waals surface area contributed by atoms with Crippen molar-refractivity contribution in [2.45, 2.75) is 6.54 Å². The molecule has 0 aliphatic heterocycles. The molecule has 98 valence electrons. The smallest absolute Gasteiger partial charge is 0.129 e. The van der Waals surface area contributed by atoms with Crippen LogP contribution in [-0.2, 0) is 6.54 Å². The van der Waals surface area contributed by atoms with Crippen LogP contribution in [0.25, 0.3) is 0 Å². The number of hydrogen-bond donors (Lipinski definition) is 1. The van der Waals surface area contributed by atoms with Gasteiger partial charge >= 0.3 is 0 Å². The Bertz CT molecular complexity index is 586. The first-order chi connectivity index (χ1) is 9.22. The largest absolute Gasteiger partial charge is 0.496 e. The van der Waals surface area contributed by atoms with Gasteiger partial charge in [-0.1, -0.05) is 54.2 Å². The number of methoxy groups -OCH3 is 1. The summed E-state index contributed by atoms with van der Waals surface area (Å²) in [6.45, 7) is 0.594. The van der Waals surface area contributed by atoms with Gasteiger partial charge in [-0.05, 0) is 23.8 Å². The van der Waals surface area contributed by atoms with E-state index >= 15 is 0 Å².